The Hall–Kier alpha value is -0.780. The van der Waals surface area contributed by atoms with E-state index in [2.05, 4.69) is 5.73 Å². The first-order chi connectivity index (χ1) is 4.33. The number of halogens is 3. The molecule has 0 unspecified atom stereocenters. The van der Waals surface area contributed by atoms with Crippen LogP contribution >= 0.6 is 0 Å². The molecule has 0 aromatic carbocycles. The summed E-state index contributed by atoms with van der Waals surface area (Å²) in [5.41, 5.74) is 4.58. The molecule has 3 nitrogen and oxygen atoms in total. The fraction of sp³-hybridized carbons (Fsp3) is 0.750. The summed E-state index contributed by atoms with van der Waals surface area (Å²) in [5, 5.41) is 7.92. The number of alkyl halides is 3. The van der Waals surface area contributed by atoms with Crippen molar-refractivity contribution in [3.05, 3.63) is 0 Å². The number of rotatable bonds is 2. The number of hydrogen-bond acceptors (Lipinski definition) is 2. The molecular formula is C4H6F3NO2. The number of carbonyl (C=O) groups is 1. The van der Waals surface area contributed by atoms with Crippen molar-refractivity contribution in [3.63, 3.8) is 0 Å². The van der Waals surface area contributed by atoms with Crippen LogP contribution in [0.15, 0.2) is 0 Å². The van der Waals surface area contributed by atoms with Crippen LogP contribution in [0.4, 0.5) is 13.2 Å². The molecule has 0 heterocycles. The molecule has 0 amide bonds. The van der Waals surface area contributed by atoms with Gasteiger partial charge in [0.25, 0.3) is 0 Å². The molecule has 1 atom stereocenters. The van der Waals surface area contributed by atoms with Crippen LogP contribution in [0.1, 0.15) is 6.42 Å². The summed E-state index contributed by atoms with van der Waals surface area (Å²) in [6, 6.07) is -1.85. The summed E-state index contributed by atoms with van der Waals surface area (Å²) < 4.78 is 34.0. The Bertz CT molecular complexity index is 133. The Morgan fingerprint density at radius 1 is 1.60 bits per heavy atom. The predicted octanol–water partition coefficient (Wildman–Crippen LogP) is 0.351. The SMILES string of the molecule is N[C@H](CC(F)(F)F)C(=O)O. The van der Waals surface area contributed by atoms with Crippen molar-refractivity contribution >= 4 is 5.97 Å². The molecule has 0 bridgehead atoms. The molecule has 60 valence electrons. The number of nitrogens with two attached hydrogens (primary N) is 1. The van der Waals surface area contributed by atoms with E-state index in [1.807, 2.05) is 0 Å². The van der Waals surface area contributed by atoms with Crippen LogP contribution in [0.5, 0.6) is 0 Å². The molecule has 0 aliphatic carbocycles. The third-order valence-electron chi connectivity index (χ3n) is 0.769. The average Bonchev–Trinajstić information content (AvgIpc) is 1.60. The van der Waals surface area contributed by atoms with Crippen molar-refractivity contribution in [3.8, 4) is 0 Å². The van der Waals surface area contributed by atoms with Gasteiger partial charge >= 0.3 is 12.1 Å². The highest BCUT2D eigenvalue weighted by Crippen LogP contribution is 2.20. The largest absolute Gasteiger partial charge is 0.480 e. The summed E-state index contributed by atoms with van der Waals surface area (Å²) in [7, 11) is 0. The Morgan fingerprint density at radius 3 is 2.10 bits per heavy atom. The normalized spacial score (nSPS) is 14.8. The summed E-state index contributed by atoms with van der Waals surface area (Å²) >= 11 is 0. The van der Waals surface area contributed by atoms with Gasteiger partial charge in [0.15, 0.2) is 0 Å². The van der Waals surface area contributed by atoms with Crippen LogP contribution < -0.4 is 5.73 Å². The van der Waals surface area contributed by atoms with Gasteiger partial charge < -0.3 is 10.8 Å². The zero-order chi connectivity index (χ0) is 8.36. The number of carboxylic acids is 1. The second kappa shape index (κ2) is 2.87. The lowest BCUT2D eigenvalue weighted by molar-refractivity contribution is -0.156. The molecular weight excluding hydrogens is 151 g/mol. The Morgan fingerprint density at radius 2 is 2.00 bits per heavy atom. The van der Waals surface area contributed by atoms with Gasteiger partial charge in [-0.2, -0.15) is 13.2 Å². The van der Waals surface area contributed by atoms with Gasteiger partial charge in [0.05, 0.1) is 6.42 Å². The first-order valence-corrected chi connectivity index (χ1v) is 2.38. The second-order valence-corrected chi connectivity index (χ2v) is 1.76. The summed E-state index contributed by atoms with van der Waals surface area (Å²) in [5.74, 6) is -1.64. The first-order valence-electron chi connectivity index (χ1n) is 2.38. The highest BCUT2D eigenvalue weighted by molar-refractivity contribution is 5.73. The highest BCUT2D eigenvalue weighted by Gasteiger charge is 2.33. The third kappa shape index (κ3) is 4.13. The minimum atomic E-state index is -4.50. The van der Waals surface area contributed by atoms with E-state index in [1.165, 1.54) is 0 Å². The van der Waals surface area contributed by atoms with Crippen LogP contribution in [0.3, 0.4) is 0 Å². The van der Waals surface area contributed by atoms with Crippen molar-refractivity contribution in [2.45, 2.75) is 18.6 Å². The van der Waals surface area contributed by atoms with Gasteiger partial charge in [-0.1, -0.05) is 0 Å². The smallest absolute Gasteiger partial charge is 0.391 e. The van der Waals surface area contributed by atoms with Gasteiger partial charge in [0.2, 0.25) is 0 Å². The molecule has 0 spiro atoms. The summed E-state index contributed by atoms with van der Waals surface area (Å²) in [6.07, 6.45) is -5.99. The fourth-order valence-electron chi connectivity index (χ4n) is 0.337. The van der Waals surface area contributed by atoms with E-state index in [1.54, 1.807) is 0 Å². The lowest BCUT2D eigenvalue weighted by atomic mass is 10.2. The molecule has 0 aliphatic heterocycles. The molecule has 0 aliphatic rings. The van der Waals surface area contributed by atoms with E-state index < -0.39 is 24.6 Å². The Labute approximate surface area is 54.6 Å². The van der Waals surface area contributed by atoms with Gasteiger partial charge in [-0.25, -0.2) is 0 Å². The van der Waals surface area contributed by atoms with E-state index in [-0.39, 0.29) is 0 Å². The predicted molar refractivity (Wildman–Crippen MR) is 26.3 cm³/mol. The van der Waals surface area contributed by atoms with E-state index in [4.69, 9.17) is 5.11 Å². The maximum absolute atomic E-state index is 11.3. The van der Waals surface area contributed by atoms with Gasteiger partial charge in [-0.3, -0.25) is 4.79 Å². The maximum atomic E-state index is 11.3. The number of carboxylic acid groups (broad SMARTS) is 1. The van der Waals surface area contributed by atoms with Crippen LogP contribution in [-0.2, 0) is 4.79 Å². The monoisotopic (exact) mass is 157 g/mol. The Kier molecular flexibility index (Phi) is 2.65. The van der Waals surface area contributed by atoms with Crippen molar-refractivity contribution in [2.24, 2.45) is 5.73 Å². The first kappa shape index (κ1) is 9.22. The van der Waals surface area contributed by atoms with E-state index in [0.717, 1.165) is 0 Å². The second-order valence-electron chi connectivity index (χ2n) is 1.76. The Balaban J connectivity index is 3.80. The maximum Gasteiger partial charge on any atom is 0.391 e. The highest BCUT2D eigenvalue weighted by atomic mass is 19.4. The minimum Gasteiger partial charge on any atom is -0.480 e. The topological polar surface area (TPSA) is 63.3 Å². The zero-order valence-corrected chi connectivity index (χ0v) is 4.85. The van der Waals surface area contributed by atoms with Crippen LogP contribution in [-0.4, -0.2) is 23.3 Å². The van der Waals surface area contributed by atoms with Crippen molar-refractivity contribution in [1.29, 1.82) is 0 Å². The molecule has 0 saturated carbocycles. The van der Waals surface area contributed by atoms with Crippen LogP contribution in [0.2, 0.25) is 0 Å². The van der Waals surface area contributed by atoms with Gasteiger partial charge in [-0.15, -0.1) is 0 Å². The molecule has 3 N–H and O–H groups in total. The number of hydrogen-bond donors (Lipinski definition) is 2. The van der Waals surface area contributed by atoms with Crippen molar-refractivity contribution < 1.29 is 23.1 Å². The lowest BCUT2D eigenvalue weighted by Crippen LogP contribution is -2.34. The summed E-state index contributed by atoms with van der Waals surface area (Å²) in [6.45, 7) is 0. The standard InChI is InChI=1S/C4H6F3NO2/c5-4(6,7)1-2(8)3(9)10/h2H,1,8H2,(H,9,10)/t2-/m1/s1. The molecule has 10 heavy (non-hydrogen) atoms. The third-order valence-corrected chi connectivity index (χ3v) is 0.769. The van der Waals surface area contributed by atoms with Crippen LogP contribution in [0, 0.1) is 0 Å². The molecule has 0 saturated heterocycles. The van der Waals surface area contributed by atoms with E-state index >= 15 is 0 Å². The van der Waals surface area contributed by atoms with Crippen LogP contribution in [0.25, 0.3) is 0 Å². The quantitative estimate of drug-likeness (QED) is 0.607. The molecule has 0 aromatic heterocycles. The molecule has 0 aromatic rings. The van der Waals surface area contributed by atoms with Gasteiger partial charge in [-0.05, 0) is 0 Å². The van der Waals surface area contributed by atoms with E-state index in [9.17, 15) is 18.0 Å². The lowest BCUT2D eigenvalue weighted by Gasteiger charge is -2.08. The molecule has 0 rings (SSSR count). The molecule has 0 radical (unpaired) electrons. The van der Waals surface area contributed by atoms with Gasteiger partial charge in [0.1, 0.15) is 6.04 Å². The average molecular weight is 157 g/mol. The molecule has 0 fully saturated rings. The summed E-state index contributed by atoms with van der Waals surface area (Å²) in [4.78, 5) is 9.75. The fourth-order valence-corrected chi connectivity index (χ4v) is 0.337. The number of aliphatic carboxylic acids is 1. The van der Waals surface area contributed by atoms with Crippen molar-refractivity contribution in [2.75, 3.05) is 0 Å². The van der Waals surface area contributed by atoms with Gasteiger partial charge in [0, 0.05) is 0 Å². The zero-order valence-electron chi connectivity index (χ0n) is 4.85. The molecule has 6 heteroatoms. The van der Waals surface area contributed by atoms with Crippen molar-refractivity contribution in [1.82, 2.24) is 0 Å². The van der Waals surface area contributed by atoms with E-state index in [0.29, 0.717) is 0 Å². The minimum absolute atomic E-state index is 1.48.